The van der Waals surface area contributed by atoms with Crippen LogP contribution in [0.1, 0.15) is 57.6 Å². The van der Waals surface area contributed by atoms with Gasteiger partial charge in [-0.05, 0) is 63.0 Å². The fourth-order valence-corrected chi connectivity index (χ4v) is 3.97. The summed E-state index contributed by atoms with van der Waals surface area (Å²) in [6.07, 6.45) is 3.35. The number of benzene rings is 1. The largest absolute Gasteiger partial charge is 0.481 e. The molecule has 124 valence electrons. The summed E-state index contributed by atoms with van der Waals surface area (Å²) in [5.74, 6) is -0.822. The van der Waals surface area contributed by atoms with Crippen molar-refractivity contribution in [1.29, 1.82) is 0 Å². The number of carbonyl (C=O) groups is 2. The van der Waals surface area contributed by atoms with Crippen molar-refractivity contribution < 1.29 is 19.4 Å². The second-order valence-electron chi connectivity index (χ2n) is 8.18. The summed E-state index contributed by atoms with van der Waals surface area (Å²) < 4.78 is 5.54. The second-order valence-corrected chi connectivity index (χ2v) is 8.18. The Balaban J connectivity index is 1.60. The maximum atomic E-state index is 12.3. The molecule has 0 radical (unpaired) electrons. The second kappa shape index (κ2) is 5.08. The number of rotatable bonds is 5. The number of aliphatic carboxylic acids is 1. The molecule has 3 saturated carbocycles. The van der Waals surface area contributed by atoms with Gasteiger partial charge in [-0.1, -0.05) is 24.3 Å². The fraction of sp³-hybridized carbons (Fsp3) is 0.579. The fourth-order valence-electron chi connectivity index (χ4n) is 3.97. The third-order valence-electron chi connectivity index (χ3n) is 5.06. The van der Waals surface area contributed by atoms with Crippen molar-refractivity contribution in [3.05, 3.63) is 35.4 Å². The zero-order chi connectivity index (χ0) is 16.9. The number of aryl methyl sites for hydroxylation is 1. The first kappa shape index (κ1) is 16.0. The van der Waals surface area contributed by atoms with Crippen LogP contribution >= 0.6 is 0 Å². The van der Waals surface area contributed by atoms with Gasteiger partial charge in [-0.2, -0.15) is 0 Å². The first-order chi connectivity index (χ1) is 10.6. The first-order valence-corrected chi connectivity index (χ1v) is 8.19. The predicted octanol–water partition coefficient (Wildman–Crippen LogP) is 3.47. The monoisotopic (exact) mass is 316 g/mol. The third kappa shape index (κ3) is 2.87. The standard InChI is InChI=1S/C19H24O4/c1-17(2,3)23-16(22)19-10-18(11-19,12-19)14-7-4-13(5-8-14)6-9-15(20)21/h4-5,7-8H,6,9-12H2,1-3H3,(H,20,21). The van der Waals surface area contributed by atoms with Gasteiger partial charge < -0.3 is 9.84 Å². The Morgan fingerprint density at radius 1 is 1.13 bits per heavy atom. The molecule has 0 amide bonds. The summed E-state index contributed by atoms with van der Waals surface area (Å²) in [4.78, 5) is 22.9. The van der Waals surface area contributed by atoms with E-state index in [-0.39, 0.29) is 23.2 Å². The van der Waals surface area contributed by atoms with Gasteiger partial charge in [0.15, 0.2) is 0 Å². The predicted molar refractivity (Wildman–Crippen MR) is 86.2 cm³/mol. The smallest absolute Gasteiger partial charge is 0.312 e. The molecule has 2 bridgehead atoms. The average molecular weight is 316 g/mol. The minimum absolute atomic E-state index is 0.0510. The van der Waals surface area contributed by atoms with Crippen molar-refractivity contribution in [1.82, 2.24) is 0 Å². The van der Waals surface area contributed by atoms with E-state index >= 15 is 0 Å². The van der Waals surface area contributed by atoms with E-state index in [1.807, 2.05) is 32.9 Å². The van der Waals surface area contributed by atoms with Crippen LogP contribution in [0, 0.1) is 5.41 Å². The average Bonchev–Trinajstić information content (AvgIpc) is 2.32. The van der Waals surface area contributed by atoms with Crippen molar-refractivity contribution in [2.45, 2.75) is 63.9 Å². The van der Waals surface area contributed by atoms with E-state index in [0.29, 0.717) is 6.42 Å². The number of hydrogen-bond acceptors (Lipinski definition) is 3. The lowest BCUT2D eigenvalue weighted by atomic mass is 9.33. The molecule has 0 heterocycles. The zero-order valence-corrected chi connectivity index (χ0v) is 14.0. The van der Waals surface area contributed by atoms with Crippen molar-refractivity contribution in [3.63, 3.8) is 0 Å². The van der Waals surface area contributed by atoms with Crippen molar-refractivity contribution >= 4 is 11.9 Å². The van der Waals surface area contributed by atoms with E-state index in [0.717, 1.165) is 24.8 Å². The molecule has 0 unspecified atom stereocenters. The number of carboxylic acid groups (broad SMARTS) is 1. The van der Waals surface area contributed by atoms with Gasteiger partial charge in [0.25, 0.3) is 0 Å². The number of carboxylic acids is 1. The van der Waals surface area contributed by atoms with Crippen molar-refractivity contribution in [2.75, 3.05) is 0 Å². The molecule has 4 nitrogen and oxygen atoms in total. The van der Waals surface area contributed by atoms with Gasteiger partial charge in [-0.3, -0.25) is 9.59 Å². The van der Waals surface area contributed by atoms with E-state index in [4.69, 9.17) is 9.84 Å². The Morgan fingerprint density at radius 3 is 2.17 bits per heavy atom. The molecule has 4 rings (SSSR count). The molecule has 0 spiro atoms. The molecule has 3 aliphatic rings. The van der Waals surface area contributed by atoms with Gasteiger partial charge in [-0.25, -0.2) is 0 Å². The topological polar surface area (TPSA) is 63.6 Å². The SMILES string of the molecule is CC(C)(C)OC(=O)C12CC(c3ccc(CCC(=O)O)cc3)(C1)C2. The Bertz CT molecular complexity index is 617. The number of ether oxygens (including phenoxy) is 1. The first-order valence-electron chi connectivity index (χ1n) is 8.19. The molecule has 3 fully saturated rings. The van der Waals surface area contributed by atoms with Gasteiger partial charge >= 0.3 is 11.9 Å². The van der Waals surface area contributed by atoms with E-state index in [1.165, 1.54) is 5.56 Å². The lowest BCUT2D eigenvalue weighted by molar-refractivity contribution is -0.211. The van der Waals surface area contributed by atoms with E-state index in [9.17, 15) is 9.59 Å². The molecule has 0 aliphatic heterocycles. The van der Waals surface area contributed by atoms with Crippen LogP contribution in [0.25, 0.3) is 0 Å². The lowest BCUT2D eigenvalue weighted by Gasteiger charge is -2.69. The highest BCUT2D eigenvalue weighted by atomic mass is 16.6. The quantitative estimate of drug-likeness (QED) is 0.845. The van der Waals surface area contributed by atoms with Gasteiger partial charge in [0.05, 0.1) is 5.41 Å². The van der Waals surface area contributed by atoms with Crippen molar-refractivity contribution in [2.24, 2.45) is 5.41 Å². The molecule has 1 N–H and O–H groups in total. The summed E-state index contributed by atoms with van der Waals surface area (Å²) in [6, 6.07) is 8.21. The molecule has 1 aromatic carbocycles. The van der Waals surface area contributed by atoms with E-state index in [2.05, 4.69) is 12.1 Å². The highest BCUT2D eigenvalue weighted by Gasteiger charge is 2.72. The van der Waals surface area contributed by atoms with Gasteiger partial charge in [0, 0.05) is 6.42 Å². The van der Waals surface area contributed by atoms with Crippen LogP contribution in [-0.2, 0) is 26.2 Å². The molecule has 0 atom stereocenters. The van der Waals surface area contributed by atoms with Crippen LogP contribution < -0.4 is 0 Å². The summed E-state index contributed by atoms with van der Waals surface area (Å²) >= 11 is 0. The molecular formula is C19H24O4. The van der Waals surface area contributed by atoms with Gasteiger partial charge in [-0.15, -0.1) is 0 Å². The van der Waals surface area contributed by atoms with Gasteiger partial charge in [0.1, 0.15) is 5.60 Å². The Morgan fingerprint density at radius 2 is 1.70 bits per heavy atom. The summed E-state index contributed by atoms with van der Waals surface area (Å²) in [7, 11) is 0. The van der Waals surface area contributed by atoms with Crippen LogP contribution in [0.15, 0.2) is 24.3 Å². The van der Waals surface area contributed by atoms with Gasteiger partial charge in [0.2, 0.25) is 0 Å². The van der Waals surface area contributed by atoms with Crippen LogP contribution in [0.5, 0.6) is 0 Å². The van der Waals surface area contributed by atoms with Crippen molar-refractivity contribution in [3.8, 4) is 0 Å². The van der Waals surface area contributed by atoms with Crippen LogP contribution in [0.2, 0.25) is 0 Å². The Labute approximate surface area is 136 Å². The maximum Gasteiger partial charge on any atom is 0.312 e. The molecule has 3 aliphatic carbocycles. The number of hydrogen-bond donors (Lipinski definition) is 1. The number of carbonyl (C=O) groups excluding carboxylic acids is 1. The number of esters is 1. The molecule has 0 saturated heterocycles. The molecule has 0 aromatic heterocycles. The lowest BCUT2D eigenvalue weighted by Crippen LogP contribution is -2.68. The highest BCUT2D eigenvalue weighted by molar-refractivity contribution is 5.83. The Hall–Kier alpha value is -1.84. The summed E-state index contributed by atoms with van der Waals surface area (Å²) in [5.41, 5.74) is 1.77. The minimum atomic E-state index is -0.771. The molecule has 23 heavy (non-hydrogen) atoms. The molecule has 1 aromatic rings. The third-order valence-corrected chi connectivity index (χ3v) is 5.06. The zero-order valence-electron chi connectivity index (χ0n) is 14.0. The summed E-state index contributed by atoms with van der Waals surface area (Å²) in [5, 5.41) is 8.73. The maximum absolute atomic E-state index is 12.3. The normalized spacial score (nSPS) is 28.5. The molecule has 4 heteroatoms. The van der Waals surface area contributed by atoms with Crippen LogP contribution in [0.4, 0.5) is 0 Å². The highest BCUT2D eigenvalue weighted by Crippen LogP contribution is 2.74. The summed E-state index contributed by atoms with van der Waals surface area (Å²) in [6.45, 7) is 5.71. The van der Waals surface area contributed by atoms with E-state index < -0.39 is 11.6 Å². The van der Waals surface area contributed by atoms with Crippen LogP contribution in [0.3, 0.4) is 0 Å². The van der Waals surface area contributed by atoms with Crippen LogP contribution in [-0.4, -0.2) is 22.6 Å². The minimum Gasteiger partial charge on any atom is -0.481 e. The van der Waals surface area contributed by atoms with E-state index in [1.54, 1.807) is 0 Å². The Kier molecular flexibility index (Phi) is 3.54. The molecular weight excluding hydrogens is 292 g/mol.